The van der Waals surface area contributed by atoms with Crippen LogP contribution in [0.3, 0.4) is 0 Å². The third kappa shape index (κ3) is 8.25. The van der Waals surface area contributed by atoms with Crippen molar-refractivity contribution in [1.82, 2.24) is 0 Å². The number of aliphatic carboxylic acids is 1. The minimum Gasteiger partial charge on any atom is -0.481 e. The maximum absolute atomic E-state index is 12.0. The molecule has 1 rings (SSSR count). The zero-order valence-electron chi connectivity index (χ0n) is 14.6. The lowest BCUT2D eigenvalue weighted by molar-refractivity contribution is -0.137. The Labute approximate surface area is 145 Å². The van der Waals surface area contributed by atoms with Gasteiger partial charge in [0.15, 0.2) is 5.78 Å². The number of carbonyl (C=O) groups excluding carboxylic acids is 1. The molecule has 0 aliphatic heterocycles. The maximum atomic E-state index is 12.0. The van der Waals surface area contributed by atoms with Crippen LogP contribution in [0.15, 0.2) is 36.5 Å². The van der Waals surface area contributed by atoms with Crippen LogP contribution in [0.4, 0.5) is 0 Å². The van der Waals surface area contributed by atoms with Crippen molar-refractivity contribution in [2.45, 2.75) is 64.4 Å². The molecule has 1 aliphatic carbocycles. The third-order valence-electron chi connectivity index (χ3n) is 4.29. The molecule has 2 N–H and O–H groups in total. The van der Waals surface area contributed by atoms with E-state index in [0.29, 0.717) is 12.8 Å². The van der Waals surface area contributed by atoms with Gasteiger partial charge >= 0.3 is 5.97 Å². The molecule has 0 saturated carbocycles. The fourth-order valence-electron chi connectivity index (χ4n) is 2.81. The van der Waals surface area contributed by atoms with E-state index < -0.39 is 12.1 Å². The van der Waals surface area contributed by atoms with Crippen molar-refractivity contribution in [2.75, 3.05) is 0 Å². The number of aliphatic hydroxyl groups excluding tert-OH is 1. The predicted octanol–water partition coefficient (Wildman–Crippen LogP) is 4.06. The number of hydrogen-bond donors (Lipinski definition) is 2. The molecule has 0 heterocycles. The molecule has 0 bridgehead atoms. The lowest BCUT2D eigenvalue weighted by Gasteiger charge is -2.13. The molecule has 134 valence electrons. The molecule has 4 heteroatoms. The second-order valence-corrected chi connectivity index (χ2v) is 6.39. The molecular weight excluding hydrogens is 304 g/mol. The third-order valence-corrected chi connectivity index (χ3v) is 4.29. The van der Waals surface area contributed by atoms with Crippen molar-refractivity contribution < 1.29 is 19.8 Å². The summed E-state index contributed by atoms with van der Waals surface area (Å²) in [6.07, 6.45) is 17.0. The van der Waals surface area contributed by atoms with Gasteiger partial charge in [-0.15, -0.1) is 0 Å². The second kappa shape index (κ2) is 11.8. The van der Waals surface area contributed by atoms with E-state index >= 15 is 0 Å². The van der Waals surface area contributed by atoms with Crippen molar-refractivity contribution >= 4 is 11.8 Å². The predicted molar refractivity (Wildman–Crippen MR) is 95.7 cm³/mol. The van der Waals surface area contributed by atoms with Crippen molar-refractivity contribution in [3.8, 4) is 0 Å². The molecule has 0 aromatic heterocycles. The minimum absolute atomic E-state index is 0.0435. The zero-order chi connectivity index (χ0) is 17.8. The van der Waals surface area contributed by atoms with Crippen molar-refractivity contribution in [3.63, 3.8) is 0 Å². The summed E-state index contributed by atoms with van der Waals surface area (Å²) in [6.45, 7) is 2.14. The molecule has 0 saturated heterocycles. The Morgan fingerprint density at radius 1 is 1.29 bits per heavy atom. The molecule has 4 nitrogen and oxygen atoms in total. The number of ketones is 1. The fraction of sp³-hybridized carbons (Fsp3) is 0.600. The van der Waals surface area contributed by atoms with Crippen molar-refractivity contribution in [1.29, 1.82) is 0 Å². The maximum Gasteiger partial charge on any atom is 0.303 e. The Morgan fingerprint density at radius 3 is 2.79 bits per heavy atom. The van der Waals surface area contributed by atoms with Crippen LogP contribution in [0.2, 0.25) is 0 Å². The first-order valence-electron chi connectivity index (χ1n) is 8.99. The van der Waals surface area contributed by atoms with Gasteiger partial charge in [0.05, 0.1) is 6.10 Å². The highest BCUT2D eigenvalue weighted by atomic mass is 16.4. The summed E-state index contributed by atoms with van der Waals surface area (Å²) in [5.41, 5.74) is 0. The number of rotatable bonds is 12. The summed E-state index contributed by atoms with van der Waals surface area (Å²) in [5.74, 6) is -0.705. The van der Waals surface area contributed by atoms with Gasteiger partial charge in [-0.2, -0.15) is 0 Å². The lowest BCUT2D eigenvalue weighted by Crippen LogP contribution is -2.14. The van der Waals surface area contributed by atoms with E-state index in [1.165, 1.54) is 0 Å². The van der Waals surface area contributed by atoms with Gasteiger partial charge in [0.2, 0.25) is 0 Å². The van der Waals surface area contributed by atoms with Crippen LogP contribution in [-0.4, -0.2) is 28.1 Å². The molecule has 0 aromatic rings. The van der Waals surface area contributed by atoms with Crippen LogP contribution in [0.1, 0.15) is 58.3 Å². The average molecular weight is 334 g/mol. The van der Waals surface area contributed by atoms with E-state index in [1.54, 1.807) is 6.08 Å². The summed E-state index contributed by atoms with van der Waals surface area (Å²) in [6, 6.07) is 0. The smallest absolute Gasteiger partial charge is 0.303 e. The highest BCUT2D eigenvalue weighted by molar-refractivity contribution is 5.95. The summed E-state index contributed by atoms with van der Waals surface area (Å²) in [5, 5.41) is 18.5. The number of carboxylic acids is 1. The number of carbonyl (C=O) groups is 2. The zero-order valence-corrected chi connectivity index (χ0v) is 14.6. The molecule has 0 fully saturated rings. The average Bonchev–Trinajstić information content (AvgIpc) is 2.89. The van der Waals surface area contributed by atoms with Gasteiger partial charge in [-0.3, -0.25) is 9.59 Å². The molecule has 0 amide bonds. The van der Waals surface area contributed by atoms with E-state index in [1.807, 2.05) is 30.4 Å². The van der Waals surface area contributed by atoms with Crippen molar-refractivity contribution in [3.05, 3.63) is 36.5 Å². The van der Waals surface area contributed by atoms with Crippen LogP contribution in [-0.2, 0) is 9.59 Å². The molecular formula is C20H30O4. The van der Waals surface area contributed by atoms with E-state index in [9.17, 15) is 14.7 Å². The minimum atomic E-state index is -0.777. The Balaban J connectivity index is 2.38. The SMILES string of the molecule is CCCCC[C@H](O)C=C[C@@H]1C=CC(=O)[C@@H]1CC=CCCCC(=O)O. The summed E-state index contributed by atoms with van der Waals surface area (Å²) in [4.78, 5) is 22.4. The highest BCUT2D eigenvalue weighted by Crippen LogP contribution is 2.27. The first-order valence-corrected chi connectivity index (χ1v) is 8.99. The van der Waals surface area contributed by atoms with E-state index in [4.69, 9.17) is 5.11 Å². The van der Waals surface area contributed by atoms with Gasteiger partial charge in [0.25, 0.3) is 0 Å². The molecule has 0 aromatic carbocycles. The van der Waals surface area contributed by atoms with E-state index in [2.05, 4.69) is 6.92 Å². The molecule has 0 radical (unpaired) electrons. The largest absolute Gasteiger partial charge is 0.481 e. The number of unbranched alkanes of at least 4 members (excludes halogenated alkanes) is 3. The second-order valence-electron chi connectivity index (χ2n) is 6.39. The Kier molecular flexibility index (Phi) is 10.0. The lowest BCUT2D eigenvalue weighted by atomic mass is 9.90. The Hall–Kier alpha value is -1.68. The molecule has 1 aliphatic rings. The van der Waals surface area contributed by atoms with Gasteiger partial charge in [0, 0.05) is 18.3 Å². The van der Waals surface area contributed by atoms with E-state index in [-0.39, 0.29) is 24.0 Å². The fourth-order valence-corrected chi connectivity index (χ4v) is 2.81. The standard InChI is InChI=1S/C20H30O4/c1-2-3-6-9-17(21)14-12-16-13-15-19(22)18(16)10-7-4-5-8-11-20(23)24/h4,7,12-18,21H,2-3,5-6,8-11H2,1H3,(H,23,24)/t16-,17+,18-/m1/s1. The first-order chi connectivity index (χ1) is 11.5. The quantitative estimate of drug-likeness (QED) is 0.417. The number of aliphatic hydroxyl groups is 1. The number of allylic oxidation sites excluding steroid dienone is 5. The normalized spacial score (nSPS) is 22.0. The monoisotopic (exact) mass is 334 g/mol. The van der Waals surface area contributed by atoms with Crippen LogP contribution >= 0.6 is 0 Å². The van der Waals surface area contributed by atoms with Crippen LogP contribution in [0, 0.1) is 11.8 Å². The summed E-state index contributed by atoms with van der Waals surface area (Å²) < 4.78 is 0. The number of hydrogen-bond acceptors (Lipinski definition) is 3. The first kappa shape index (κ1) is 20.4. The van der Waals surface area contributed by atoms with Gasteiger partial charge in [-0.1, -0.05) is 56.6 Å². The van der Waals surface area contributed by atoms with Crippen LogP contribution < -0.4 is 0 Å². The van der Waals surface area contributed by atoms with Gasteiger partial charge in [-0.05, 0) is 31.8 Å². The van der Waals surface area contributed by atoms with Crippen molar-refractivity contribution in [2.24, 2.45) is 11.8 Å². The summed E-state index contributed by atoms with van der Waals surface area (Å²) >= 11 is 0. The van der Waals surface area contributed by atoms with Crippen LogP contribution in [0.5, 0.6) is 0 Å². The highest BCUT2D eigenvalue weighted by Gasteiger charge is 2.27. The van der Waals surface area contributed by atoms with Crippen LogP contribution in [0.25, 0.3) is 0 Å². The Bertz CT molecular complexity index is 476. The van der Waals surface area contributed by atoms with E-state index in [0.717, 1.165) is 32.1 Å². The molecule has 3 atom stereocenters. The molecule has 0 unspecified atom stereocenters. The topological polar surface area (TPSA) is 74.6 Å². The Morgan fingerprint density at radius 2 is 2.08 bits per heavy atom. The number of carboxylic acid groups (broad SMARTS) is 1. The molecule has 24 heavy (non-hydrogen) atoms. The van der Waals surface area contributed by atoms with Gasteiger partial charge < -0.3 is 10.2 Å². The summed E-state index contributed by atoms with van der Waals surface area (Å²) in [7, 11) is 0. The van der Waals surface area contributed by atoms with Gasteiger partial charge in [-0.25, -0.2) is 0 Å². The van der Waals surface area contributed by atoms with Gasteiger partial charge in [0.1, 0.15) is 0 Å². The molecule has 0 spiro atoms.